The molecule has 1 amide bonds. The Bertz CT molecular complexity index is 1060. The number of nitrogens with one attached hydrogen (secondary N) is 2. The molecule has 2 heterocycles. The van der Waals surface area contributed by atoms with Crippen molar-refractivity contribution in [3.8, 4) is 34.3 Å². The zero-order valence-corrected chi connectivity index (χ0v) is 14.8. The number of hydrogen-bond acceptors (Lipinski definition) is 7. The van der Waals surface area contributed by atoms with Gasteiger partial charge in [0.15, 0.2) is 23.0 Å². The van der Waals surface area contributed by atoms with E-state index in [2.05, 4.69) is 20.7 Å². The Balaban J connectivity index is 1.43. The summed E-state index contributed by atoms with van der Waals surface area (Å²) in [4.78, 5) is 12.2. The number of aromatic amines is 1. The van der Waals surface area contributed by atoms with E-state index in [9.17, 15) is 9.90 Å². The Morgan fingerprint density at radius 3 is 2.96 bits per heavy atom. The molecule has 0 bridgehead atoms. The molecule has 0 fully saturated rings. The lowest BCUT2D eigenvalue weighted by Gasteiger charge is -2.03. The third-order valence-corrected chi connectivity index (χ3v) is 4.07. The van der Waals surface area contributed by atoms with Crippen LogP contribution in [0.1, 0.15) is 16.1 Å². The molecule has 0 saturated heterocycles. The summed E-state index contributed by atoms with van der Waals surface area (Å²) in [5, 5.41) is 20.3. The standard InChI is InChI=1S/C19H16N4O5/c1-26-17-6-11(2-4-15(17)24)9-20-23-19(25)14-8-13(21-22-14)12-3-5-16-18(7-12)28-10-27-16/h2-9,24H,10H2,1H3,(H,21,22)(H,23,25)/b20-9-. The number of rotatable bonds is 5. The van der Waals surface area contributed by atoms with Gasteiger partial charge in [0.1, 0.15) is 5.69 Å². The molecule has 0 saturated carbocycles. The lowest BCUT2D eigenvalue weighted by molar-refractivity contribution is 0.0950. The number of aromatic nitrogens is 2. The lowest BCUT2D eigenvalue weighted by atomic mass is 10.1. The van der Waals surface area contributed by atoms with E-state index in [4.69, 9.17) is 14.2 Å². The highest BCUT2D eigenvalue weighted by molar-refractivity contribution is 5.94. The maximum Gasteiger partial charge on any atom is 0.289 e. The zero-order chi connectivity index (χ0) is 19.5. The van der Waals surface area contributed by atoms with Gasteiger partial charge in [0, 0.05) is 5.56 Å². The number of hydrogen-bond donors (Lipinski definition) is 3. The van der Waals surface area contributed by atoms with E-state index in [1.807, 2.05) is 6.07 Å². The molecule has 3 N–H and O–H groups in total. The molecule has 2 aromatic carbocycles. The average Bonchev–Trinajstić information content (AvgIpc) is 3.38. The quantitative estimate of drug-likeness (QED) is 0.462. The summed E-state index contributed by atoms with van der Waals surface area (Å²) in [6.07, 6.45) is 1.44. The molecule has 9 heteroatoms. The monoisotopic (exact) mass is 380 g/mol. The minimum atomic E-state index is -0.443. The lowest BCUT2D eigenvalue weighted by Crippen LogP contribution is -2.18. The van der Waals surface area contributed by atoms with Crippen LogP contribution in [0.4, 0.5) is 0 Å². The molecule has 0 atom stereocenters. The number of methoxy groups -OCH3 is 1. The number of aromatic hydroxyl groups is 1. The SMILES string of the molecule is COc1cc(/C=N\NC(=O)c2cc(-c3ccc4c(c3)OCO4)n[nH]2)ccc1O. The van der Waals surface area contributed by atoms with Crippen molar-refractivity contribution in [1.29, 1.82) is 0 Å². The highest BCUT2D eigenvalue weighted by Crippen LogP contribution is 2.35. The smallest absolute Gasteiger partial charge is 0.289 e. The number of amides is 1. The van der Waals surface area contributed by atoms with Gasteiger partial charge in [0.05, 0.1) is 19.0 Å². The Morgan fingerprint density at radius 1 is 1.25 bits per heavy atom. The maximum atomic E-state index is 12.2. The highest BCUT2D eigenvalue weighted by atomic mass is 16.7. The van der Waals surface area contributed by atoms with Crippen molar-refractivity contribution in [2.24, 2.45) is 5.10 Å². The van der Waals surface area contributed by atoms with E-state index in [-0.39, 0.29) is 18.2 Å². The third-order valence-electron chi connectivity index (χ3n) is 4.07. The molecule has 28 heavy (non-hydrogen) atoms. The fraction of sp³-hybridized carbons (Fsp3) is 0.105. The van der Waals surface area contributed by atoms with Crippen molar-refractivity contribution >= 4 is 12.1 Å². The van der Waals surface area contributed by atoms with Gasteiger partial charge >= 0.3 is 0 Å². The van der Waals surface area contributed by atoms with Crippen molar-refractivity contribution < 1.29 is 24.1 Å². The van der Waals surface area contributed by atoms with E-state index >= 15 is 0 Å². The summed E-state index contributed by atoms with van der Waals surface area (Å²) in [5.74, 6) is 1.22. The maximum absolute atomic E-state index is 12.2. The minimum Gasteiger partial charge on any atom is -0.504 e. The molecule has 0 aliphatic carbocycles. The van der Waals surface area contributed by atoms with E-state index in [1.165, 1.54) is 19.4 Å². The first-order valence-electron chi connectivity index (χ1n) is 8.30. The fourth-order valence-corrected chi connectivity index (χ4v) is 2.64. The molecule has 4 rings (SSSR count). The van der Waals surface area contributed by atoms with Crippen LogP contribution in [-0.4, -0.2) is 41.3 Å². The highest BCUT2D eigenvalue weighted by Gasteiger charge is 2.16. The van der Waals surface area contributed by atoms with Crippen LogP contribution in [0.2, 0.25) is 0 Å². The van der Waals surface area contributed by atoms with Gasteiger partial charge in [-0.3, -0.25) is 9.89 Å². The number of phenolic OH excluding ortho intramolecular Hbond substituents is 1. The minimum absolute atomic E-state index is 0.0252. The van der Waals surface area contributed by atoms with Gasteiger partial charge in [-0.05, 0) is 48.0 Å². The number of fused-ring (bicyclic) bond motifs is 1. The van der Waals surface area contributed by atoms with E-state index in [1.54, 1.807) is 30.3 Å². The van der Waals surface area contributed by atoms with Crippen molar-refractivity contribution in [3.63, 3.8) is 0 Å². The topological polar surface area (TPSA) is 118 Å². The molecule has 1 aliphatic heterocycles. The zero-order valence-electron chi connectivity index (χ0n) is 14.8. The number of benzene rings is 2. The predicted molar refractivity (Wildman–Crippen MR) is 99.9 cm³/mol. The van der Waals surface area contributed by atoms with Crippen molar-refractivity contribution in [2.45, 2.75) is 0 Å². The van der Waals surface area contributed by atoms with E-state index in [0.29, 0.717) is 28.5 Å². The first-order chi connectivity index (χ1) is 13.6. The summed E-state index contributed by atoms with van der Waals surface area (Å²) in [7, 11) is 1.45. The summed E-state index contributed by atoms with van der Waals surface area (Å²) < 4.78 is 15.7. The molecular formula is C19H16N4O5. The Kier molecular flexibility index (Phi) is 4.55. The number of phenols is 1. The summed E-state index contributed by atoms with van der Waals surface area (Å²) in [6, 6.07) is 11.8. The molecule has 1 aromatic heterocycles. The van der Waals surface area contributed by atoms with Crippen LogP contribution in [0.15, 0.2) is 47.6 Å². The molecular weight excluding hydrogens is 364 g/mol. The average molecular weight is 380 g/mol. The molecule has 3 aromatic rings. The van der Waals surface area contributed by atoms with Crippen LogP contribution in [-0.2, 0) is 0 Å². The number of carbonyl (C=O) groups excluding carboxylic acids is 1. The van der Waals surface area contributed by atoms with Crippen molar-refractivity contribution in [3.05, 3.63) is 53.7 Å². The number of carbonyl (C=O) groups is 1. The summed E-state index contributed by atoms with van der Waals surface area (Å²) >= 11 is 0. The van der Waals surface area contributed by atoms with Crippen LogP contribution in [0, 0.1) is 0 Å². The molecule has 1 aliphatic rings. The molecule has 9 nitrogen and oxygen atoms in total. The fourth-order valence-electron chi connectivity index (χ4n) is 2.64. The van der Waals surface area contributed by atoms with E-state index < -0.39 is 5.91 Å². The molecule has 0 radical (unpaired) electrons. The Labute approximate surface area is 159 Å². The molecule has 142 valence electrons. The second kappa shape index (κ2) is 7.31. The first kappa shape index (κ1) is 17.4. The van der Waals surface area contributed by atoms with Crippen LogP contribution in [0.25, 0.3) is 11.3 Å². The van der Waals surface area contributed by atoms with Gasteiger partial charge in [-0.15, -0.1) is 0 Å². The number of H-pyrrole nitrogens is 1. The Morgan fingerprint density at radius 2 is 2.11 bits per heavy atom. The number of hydrazone groups is 1. The third kappa shape index (κ3) is 3.45. The van der Waals surface area contributed by atoms with Crippen molar-refractivity contribution in [1.82, 2.24) is 15.6 Å². The first-order valence-corrected chi connectivity index (χ1v) is 8.30. The summed E-state index contributed by atoms with van der Waals surface area (Å²) in [5.41, 5.74) is 4.71. The van der Waals surface area contributed by atoms with Gasteiger partial charge in [-0.2, -0.15) is 10.2 Å². The van der Waals surface area contributed by atoms with Gasteiger partial charge in [0.2, 0.25) is 6.79 Å². The second-order valence-corrected chi connectivity index (χ2v) is 5.87. The normalized spacial score (nSPS) is 12.3. The van der Waals surface area contributed by atoms with Crippen LogP contribution >= 0.6 is 0 Å². The van der Waals surface area contributed by atoms with Crippen LogP contribution < -0.4 is 19.6 Å². The predicted octanol–water partition coefficient (Wildman–Crippen LogP) is 2.28. The van der Waals surface area contributed by atoms with Gasteiger partial charge in [-0.1, -0.05) is 0 Å². The molecule has 0 spiro atoms. The van der Waals surface area contributed by atoms with Crippen molar-refractivity contribution in [2.75, 3.05) is 13.9 Å². The van der Waals surface area contributed by atoms with Gasteiger partial charge in [0.25, 0.3) is 5.91 Å². The Hall–Kier alpha value is -4.01. The second-order valence-electron chi connectivity index (χ2n) is 5.87. The van der Waals surface area contributed by atoms with Crippen LogP contribution in [0.3, 0.4) is 0 Å². The van der Waals surface area contributed by atoms with Gasteiger partial charge < -0.3 is 19.3 Å². The van der Waals surface area contributed by atoms with Crippen LogP contribution in [0.5, 0.6) is 23.0 Å². The number of nitrogens with zero attached hydrogens (tertiary/aromatic N) is 2. The van der Waals surface area contributed by atoms with E-state index in [0.717, 1.165) is 5.56 Å². The summed E-state index contributed by atoms with van der Waals surface area (Å²) in [6.45, 7) is 0.192. The number of ether oxygens (including phenoxy) is 3. The van der Waals surface area contributed by atoms with Gasteiger partial charge in [-0.25, -0.2) is 5.43 Å². The molecule has 0 unspecified atom stereocenters. The largest absolute Gasteiger partial charge is 0.504 e.